The van der Waals surface area contributed by atoms with E-state index in [1.807, 2.05) is 12.3 Å². The lowest BCUT2D eigenvalue weighted by Gasteiger charge is -1.93. The minimum Gasteiger partial charge on any atom is -0.353 e. The molecule has 76 valence electrons. The molecule has 0 saturated heterocycles. The van der Waals surface area contributed by atoms with Gasteiger partial charge in [-0.1, -0.05) is 23.4 Å². The molecule has 0 atom stereocenters. The van der Waals surface area contributed by atoms with Gasteiger partial charge in [-0.25, -0.2) is 4.52 Å². The Kier molecular flexibility index (Phi) is 1.28. The number of benzene rings is 1. The summed E-state index contributed by atoms with van der Waals surface area (Å²) in [5.41, 5.74) is 3.24. The Labute approximate surface area is 90.5 Å². The van der Waals surface area contributed by atoms with Crippen LogP contribution < -0.4 is 0 Å². The van der Waals surface area contributed by atoms with Crippen LogP contribution >= 0.6 is 0 Å². The molecule has 4 nitrogen and oxygen atoms in total. The Balaban J connectivity index is 2.38. The van der Waals surface area contributed by atoms with Crippen molar-refractivity contribution in [3.05, 3.63) is 42.7 Å². The van der Waals surface area contributed by atoms with Gasteiger partial charge in [-0.3, -0.25) is 0 Å². The first-order valence-corrected chi connectivity index (χ1v) is 5.13. The maximum absolute atomic E-state index is 3.99. The molecule has 0 aliphatic carbocycles. The van der Waals surface area contributed by atoms with Crippen LogP contribution in [0.1, 0.15) is 0 Å². The molecule has 3 aromatic heterocycles. The number of aromatic nitrogens is 4. The number of para-hydroxylation sites is 1. The molecule has 1 aromatic carbocycles. The van der Waals surface area contributed by atoms with E-state index < -0.39 is 0 Å². The predicted octanol–water partition coefficient (Wildman–Crippen LogP) is 2.36. The molecule has 0 bridgehead atoms. The Morgan fingerprint density at radius 2 is 2.00 bits per heavy atom. The number of fused-ring (bicyclic) bond motifs is 5. The fourth-order valence-electron chi connectivity index (χ4n) is 2.22. The van der Waals surface area contributed by atoms with Crippen molar-refractivity contribution in [3.63, 3.8) is 0 Å². The number of aromatic amines is 1. The fraction of sp³-hybridized carbons (Fsp3) is 0. The number of rotatable bonds is 0. The van der Waals surface area contributed by atoms with Crippen molar-refractivity contribution in [3.8, 4) is 0 Å². The van der Waals surface area contributed by atoms with E-state index in [0.29, 0.717) is 0 Å². The lowest BCUT2D eigenvalue weighted by atomic mass is 10.2. The second-order valence-electron chi connectivity index (χ2n) is 3.84. The number of H-pyrrole nitrogens is 1. The van der Waals surface area contributed by atoms with Crippen LogP contribution in [-0.4, -0.2) is 19.8 Å². The highest BCUT2D eigenvalue weighted by Gasteiger charge is 2.07. The molecule has 4 aromatic rings. The molecular formula is C12H8N4. The van der Waals surface area contributed by atoms with Crippen LogP contribution in [0, 0.1) is 0 Å². The Morgan fingerprint density at radius 3 is 3.00 bits per heavy atom. The molecule has 0 unspecified atom stereocenters. The van der Waals surface area contributed by atoms with Gasteiger partial charge in [-0.05, 0) is 12.1 Å². The van der Waals surface area contributed by atoms with Gasteiger partial charge < -0.3 is 4.98 Å². The van der Waals surface area contributed by atoms with E-state index in [1.165, 1.54) is 10.8 Å². The summed E-state index contributed by atoms with van der Waals surface area (Å²) in [4.78, 5) is 3.41. The van der Waals surface area contributed by atoms with Gasteiger partial charge in [0.15, 0.2) is 0 Å². The highest BCUT2D eigenvalue weighted by atomic mass is 15.4. The first-order chi connectivity index (χ1) is 7.93. The van der Waals surface area contributed by atoms with Crippen molar-refractivity contribution in [1.82, 2.24) is 19.8 Å². The predicted molar refractivity (Wildman–Crippen MR) is 62.3 cm³/mol. The van der Waals surface area contributed by atoms with Gasteiger partial charge in [0.25, 0.3) is 0 Å². The maximum atomic E-state index is 3.99. The average Bonchev–Trinajstić information content (AvgIpc) is 2.92. The summed E-state index contributed by atoms with van der Waals surface area (Å²) in [6.45, 7) is 0. The molecule has 0 radical (unpaired) electrons. The van der Waals surface area contributed by atoms with Crippen molar-refractivity contribution in [2.45, 2.75) is 0 Å². The monoisotopic (exact) mass is 208 g/mol. The van der Waals surface area contributed by atoms with Crippen LogP contribution in [-0.2, 0) is 0 Å². The number of nitrogens with one attached hydrogen (secondary N) is 1. The average molecular weight is 208 g/mol. The lowest BCUT2D eigenvalue weighted by Crippen LogP contribution is -1.85. The van der Waals surface area contributed by atoms with Crippen molar-refractivity contribution < 1.29 is 0 Å². The van der Waals surface area contributed by atoms with E-state index in [4.69, 9.17) is 0 Å². The van der Waals surface area contributed by atoms with E-state index in [-0.39, 0.29) is 0 Å². The molecule has 0 amide bonds. The van der Waals surface area contributed by atoms with Crippen LogP contribution in [0.25, 0.3) is 27.3 Å². The van der Waals surface area contributed by atoms with E-state index in [0.717, 1.165) is 16.6 Å². The van der Waals surface area contributed by atoms with Gasteiger partial charge >= 0.3 is 0 Å². The molecule has 4 rings (SSSR count). The largest absolute Gasteiger partial charge is 0.353 e. The second-order valence-corrected chi connectivity index (χ2v) is 3.84. The standard InChI is InChI=1S/C12H8N4/c1-2-4-10-8(3-1)9-5-6-16-11(7-13-15-16)12(9)14-10/h1-7,14H. The third kappa shape index (κ3) is 0.839. The van der Waals surface area contributed by atoms with Crippen molar-refractivity contribution in [2.75, 3.05) is 0 Å². The molecular weight excluding hydrogens is 200 g/mol. The Morgan fingerprint density at radius 1 is 1.06 bits per heavy atom. The number of hydrogen-bond acceptors (Lipinski definition) is 2. The first-order valence-electron chi connectivity index (χ1n) is 5.13. The van der Waals surface area contributed by atoms with Crippen LogP contribution in [0.2, 0.25) is 0 Å². The topological polar surface area (TPSA) is 46.0 Å². The third-order valence-electron chi connectivity index (χ3n) is 2.96. The highest BCUT2D eigenvalue weighted by molar-refractivity contribution is 6.11. The molecule has 4 heteroatoms. The molecule has 1 N–H and O–H groups in total. The Bertz CT molecular complexity index is 809. The SMILES string of the molecule is c1ccc2c(c1)[nH]c1c2ccn2nncc12. The van der Waals surface area contributed by atoms with Crippen molar-refractivity contribution >= 4 is 27.3 Å². The van der Waals surface area contributed by atoms with Gasteiger partial charge in [-0.2, -0.15) is 0 Å². The zero-order valence-electron chi connectivity index (χ0n) is 8.38. The fourth-order valence-corrected chi connectivity index (χ4v) is 2.22. The zero-order valence-corrected chi connectivity index (χ0v) is 8.38. The highest BCUT2D eigenvalue weighted by Crippen LogP contribution is 2.27. The summed E-state index contributed by atoms with van der Waals surface area (Å²) < 4.78 is 1.78. The maximum Gasteiger partial charge on any atom is 0.111 e. The third-order valence-corrected chi connectivity index (χ3v) is 2.96. The second kappa shape index (κ2) is 2.61. The molecule has 0 aliphatic heterocycles. The molecule has 0 spiro atoms. The summed E-state index contributed by atoms with van der Waals surface area (Å²) in [5.74, 6) is 0. The summed E-state index contributed by atoms with van der Waals surface area (Å²) >= 11 is 0. The summed E-state index contributed by atoms with van der Waals surface area (Å²) in [7, 11) is 0. The Hall–Kier alpha value is -2.36. The van der Waals surface area contributed by atoms with Crippen LogP contribution in [0.3, 0.4) is 0 Å². The minimum absolute atomic E-state index is 1.01. The summed E-state index contributed by atoms with van der Waals surface area (Å²) in [6, 6.07) is 10.3. The van der Waals surface area contributed by atoms with Crippen LogP contribution in [0.5, 0.6) is 0 Å². The zero-order chi connectivity index (χ0) is 10.5. The number of pyridine rings is 1. The molecule has 3 heterocycles. The normalized spacial score (nSPS) is 11.8. The van der Waals surface area contributed by atoms with Crippen LogP contribution in [0.15, 0.2) is 42.7 Å². The van der Waals surface area contributed by atoms with Crippen molar-refractivity contribution in [1.29, 1.82) is 0 Å². The van der Waals surface area contributed by atoms with Gasteiger partial charge in [0.05, 0.1) is 11.7 Å². The smallest absolute Gasteiger partial charge is 0.111 e. The van der Waals surface area contributed by atoms with E-state index in [1.54, 1.807) is 10.7 Å². The minimum atomic E-state index is 1.01. The molecule has 0 fully saturated rings. The molecule has 0 saturated carbocycles. The molecule has 0 aliphatic rings. The number of nitrogens with zero attached hydrogens (tertiary/aromatic N) is 3. The van der Waals surface area contributed by atoms with E-state index >= 15 is 0 Å². The lowest BCUT2D eigenvalue weighted by molar-refractivity contribution is 0.858. The summed E-state index contributed by atoms with van der Waals surface area (Å²) in [6.07, 6.45) is 3.71. The first kappa shape index (κ1) is 7.87. The summed E-state index contributed by atoms with van der Waals surface area (Å²) in [5, 5.41) is 10.4. The quantitative estimate of drug-likeness (QED) is 0.482. The number of hydrogen-bond donors (Lipinski definition) is 1. The van der Waals surface area contributed by atoms with Crippen LogP contribution in [0.4, 0.5) is 0 Å². The van der Waals surface area contributed by atoms with Gasteiger partial charge in [-0.15, -0.1) is 5.10 Å². The molecule has 16 heavy (non-hydrogen) atoms. The van der Waals surface area contributed by atoms with Gasteiger partial charge in [0.2, 0.25) is 0 Å². The van der Waals surface area contributed by atoms with E-state index in [2.05, 4.69) is 39.6 Å². The van der Waals surface area contributed by atoms with Gasteiger partial charge in [0.1, 0.15) is 5.52 Å². The van der Waals surface area contributed by atoms with E-state index in [9.17, 15) is 0 Å². The van der Waals surface area contributed by atoms with Gasteiger partial charge in [0, 0.05) is 22.5 Å². The van der Waals surface area contributed by atoms with Crippen molar-refractivity contribution in [2.24, 2.45) is 0 Å².